The molecule has 0 spiro atoms. The molecular weight excluding hydrogens is 737 g/mol. The Balaban J connectivity index is 1.59. The highest BCUT2D eigenvalue weighted by Gasteiger charge is 2.54. The van der Waals surface area contributed by atoms with Crippen LogP contribution < -0.4 is 5.73 Å². The second kappa shape index (κ2) is 14.8. The topological polar surface area (TPSA) is 134 Å². The maximum Gasteiger partial charge on any atom is 0.335 e. The van der Waals surface area contributed by atoms with Crippen LogP contribution >= 0.6 is 11.6 Å². The number of amides is 1. The molecule has 2 aromatic carbocycles. The van der Waals surface area contributed by atoms with Gasteiger partial charge in [0.2, 0.25) is 6.43 Å². The van der Waals surface area contributed by atoms with E-state index < -0.39 is 79.5 Å². The summed E-state index contributed by atoms with van der Waals surface area (Å²) in [4.78, 5) is 36.9. The molecule has 284 valence electrons. The number of rotatable bonds is 14. The van der Waals surface area contributed by atoms with Crippen LogP contribution in [-0.4, -0.2) is 66.0 Å². The Bertz CT molecular complexity index is 2000. The standard InChI is InChI=1S/C34H34ClF7N8O3/c1-32(2,27(36)37)12-25(51)53-15-24(19-7-10-23(35)22(11-19)26-44-17-46-50(26)30(40)41)49-28(52)34(47-31(49)43,16-33(3,4)42)21-8-5-18(6-9-21)20-13-45-48(14-20)29(38)39/h5-11,13-14,17,24,27,29-30H,12,15-16H2,1-4H3,(H2,43,47)/t24-,34-/m1/s1. The summed E-state index contributed by atoms with van der Waals surface area (Å²) in [6, 6.07) is 8.54. The van der Waals surface area contributed by atoms with Gasteiger partial charge in [0.15, 0.2) is 17.3 Å². The van der Waals surface area contributed by atoms with Gasteiger partial charge in [-0.15, -0.1) is 0 Å². The van der Waals surface area contributed by atoms with Crippen molar-refractivity contribution in [2.24, 2.45) is 16.1 Å². The van der Waals surface area contributed by atoms with Gasteiger partial charge in [0.25, 0.3) is 5.91 Å². The fourth-order valence-corrected chi connectivity index (χ4v) is 6.15. The van der Waals surface area contributed by atoms with Crippen molar-refractivity contribution in [2.75, 3.05) is 6.61 Å². The lowest BCUT2D eigenvalue weighted by atomic mass is 9.80. The van der Waals surface area contributed by atoms with E-state index in [9.17, 15) is 35.9 Å². The van der Waals surface area contributed by atoms with E-state index in [1.165, 1.54) is 76.4 Å². The zero-order valence-corrected chi connectivity index (χ0v) is 29.4. The van der Waals surface area contributed by atoms with Crippen molar-refractivity contribution in [1.82, 2.24) is 29.4 Å². The van der Waals surface area contributed by atoms with Gasteiger partial charge < -0.3 is 10.5 Å². The van der Waals surface area contributed by atoms with E-state index in [1.54, 1.807) is 0 Å². The molecule has 0 unspecified atom stereocenters. The molecule has 2 aromatic heterocycles. The minimum absolute atomic E-state index is 0.0415. The van der Waals surface area contributed by atoms with Crippen LogP contribution in [0, 0.1) is 5.41 Å². The number of nitrogens with zero attached hydrogens (tertiary/aromatic N) is 7. The Labute approximate surface area is 303 Å². The molecule has 0 saturated carbocycles. The van der Waals surface area contributed by atoms with Crippen molar-refractivity contribution in [1.29, 1.82) is 0 Å². The number of aliphatic imine (C=N–C) groups is 1. The average Bonchev–Trinajstić information content (AvgIpc) is 3.81. The summed E-state index contributed by atoms with van der Waals surface area (Å²) in [6.07, 6.45) is -0.906. The van der Waals surface area contributed by atoms with Gasteiger partial charge in [-0.05, 0) is 42.7 Å². The fourth-order valence-electron chi connectivity index (χ4n) is 5.95. The summed E-state index contributed by atoms with van der Waals surface area (Å²) in [6.45, 7) is -1.90. The maximum absolute atomic E-state index is 15.6. The third-order valence-electron chi connectivity index (χ3n) is 8.58. The molecule has 19 heteroatoms. The molecule has 2 N–H and O–H groups in total. The van der Waals surface area contributed by atoms with E-state index >= 15 is 4.39 Å². The van der Waals surface area contributed by atoms with E-state index in [0.717, 1.165) is 17.4 Å². The third-order valence-corrected chi connectivity index (χ3v) is 8.91. The first-order valence-electron chi connectivity index (χ1n) is 16.0. The number of alkyl halides is 7. The molecule has 0 aliphatic carbocycles. The third kappa shape index (κ3) is 8.16. The lowest BCUT2D eigenvalue weighted by molar-refractivity contribution is -0.152. The van der Waals surface area contributed by atoms with Gasteiger partial charge in [-0.3, -0.25) is 14.5 Å². The Hall–Kier alpha value is -5.00. The molecule has 3 heterocycles. The maximum atomic E-state index is 15.6. The summed E-state index contributed by atoms with van der Waals surface area (Å²) in [5.74, 6) is -2.71. The largest absolute Gasteiger partial charge is 0.463 e. The first kappa shape index (κ1) is 39.2. The molecule has 11 nitrogen and oxygen atoms in total. The number of hydrogen-bond donors (Lipinski definition) is 1. The van der Waals surface area contributed by atoms with Crippen molar-refractivity contribution >= 4 is 29.4 Å². The normalized spacial score (nSPS) is 17.3. The number of esters is 1. The zero-order valence-electron chi connectivity index (χ0n) is 28.7. The van der Waals surface area contributed by atoms with Crippen LogP contribution in [0.3, 0.4) is 0 Å². The van der Waals surface area contributed by atoms with Gasteiger partial charge >= 0.3 is 19.1 Å². The molecule has 1 aliphatic heterocycles. The van der Waals surface area contributed by atoms with Crippen LogP contribution in [0.1, 0.15) is 70.8 Å². The Morgan fingerprint density at radius 3 is 2.25 bits per heavy atom. The predicted octanol–water partition coefficient (Wildman–Crippen LogP) is 7.71. The molecule has 1 aliphatic rings. The monoisotopic (exact) mass is 770 g/mol. The highest BCUT2D eigenvalue weighted by Crippen LogP contribution is 2.45. The van der Waals surface area contributed by atoms with Crippen molar-refractivity contribution in [3.05, 3.63) is 77.3 Å². The van der Waals surface area contributed by atoms with Crippen LogP contribution in [0.5, 0.6) is 0 Å². The second-order valence-electron chi connectivity index (χ2n) is 13.7. The van der Waals surface area contributed by atoms with E-state index in [0.29, 0.717) is 20.5 Å². The molecule has 1 amide bonds. The van der Waals surface area contributed by atoms with E-state index in [2.05, 4.69) is 20.2 Å². The Morgan fingerprint density at radius 2 is 1.66 bits per heavy atom. The highest BCUT2D eigenvalue weighted by atomic mass is 35.5. The number of benzene rings is 2. The molecule has 0 radical (unpaired) electrons. The summed E-state index contributed by atoms with van der Waals surface area (Å²) in [5, 5.41) is 7.11. The van der Waals surface area contributed by atoms with Gasteiger partial charge in [0, 0.05) is 29.2 Å². The van der Waals surface area contributed by atoms with E-state index in [-0.39, 0.29) is 27.5 Å². The lowest BCUT2D eigenvalue weighted by Crippen LogP contribution is -2.48. The fraction of sp³-hybridized carbons (Fsp3) is 0.412. The number of guanidine groups is 1. The van der Waals surface area contributed by atoms with E-state index in [1.807, 2.05) is 0 Å². The Morgan fingerprint density at radius 1 is 0.981 bits per heavy atom. The minimum atomic E-state index is -3.11. The molecular formula is C34H34ClF7N8O3. The molecule has 4 aromatic rings. The van der Waals surface area contributed by atoms with Crippen LogP contribution in [0.2, 0.25) is 5.02 Å². The van der Waals surface area contributed by atoms with Crippen molar-refractivity contribution < 1.29 is 45.1 Å². The lowest BCUT2D eigenvalue weighted by Gasteiger charge is -2.33. The summed E-state index contributed by atoms with van der Waals surface area (Å²) in [5.41, 5.74) is 1.60. The molecule has 53 heavy (non-hydrogen) atoms. The van der Waals surface area contributed by atoms with Crippen LogP contribution in [0.4, 0.5) is 30.7 Å². The first-order valence-corrected chi connectivity index (χ1v) is 16.3. The quantitative estimate of drug-likeness (QED) is 0.103. The number of hydrogen-bond acceptors (Lipinski definition) is 8. The van der Waals surface area contributed by atoms with Crippen LogP contribution in [0.15, 0.2) is 66.2 Å². The Kier molecular flexibility index (Phi) is 10.9. The van der Waals surface area contributed by atoms with Crippen LogP contribution in [0.25, 0.3) is 22.5 Å². The number of ether oxygens (including phenoxy) is 1. The smallest absolute Gasteiger partial charge is 0.335 e. The van der Waals surface area contributed by atoms with Crippen molar-refractivity contribution in [2.45, 2.75) is 77.3 Å². The molecule has 0 fully saturated rings. The summed E-state index contributed by atoms with van der Waals surface area (Å²) >= 11 is 6.39. The summed E-state index contributed by atoms with van der Waals surface area (Å²) < 4.78 is 103. The van der Waals surface area contributed by atoms with Gasteiger partial charge in [0.05, 0.1) is 23.7 Å². The number of nitrogens with two attached hydrogens (primary N) is 1. The number of halogens is 8. The zero-order chi connectivity index (χ0) is 39.0. The number of carbonyl (C=O) groups is 2. The highest BCUT2D eigenvalue weighted by molar-refractivity contribution is 6.33. The van der Waals surface area contributed by atoms with Crippen LogP contribution in [-0.2, 0) is 19.9 Å². The molecule has 0 bridgehead atoms. The molecule has 5 rings (SSSR count). The summed E-state index contributed by atoms with van der Waals surface area (Å²) in [7, 11) is 0. The van der Waals surface area contributed by atoms with Gasteiger partial charge in [0.1, 0.15) is 18.6 Å². The molecule has 2 atom stereocenters. The molecule has 0 saturated heterocycles. The second-order valence-corrected chi connectivity index (χ2v) is 14.1. The predicted molar refractivity (Wildman–Crippen MR) is 179 cm³/mol. The SMILES string of the molecule is CC(C)(F)C[C@]1(c2ccc(-c3cnn(C(F)F)c3)cc2)N=C(N)N([C@H](COC(=O)CC(C)(C)C(F)F)c2ccc(Cl)c(-c3ncnn3C(F)F)c2)C1=O. The van der Waals surface area contributed by atoms with Gasteiger partial charge in [-0.25, -0.2) is 27.8 Å². The van der Waals surface area contributed by atoms with Crippen molar-refractivity contribution in [3.63, 3.8) is 0 Å². The number of carbonyl (C=O) groups excluding carboxylic acids is 2. The minimum Gasteiger partial charge on any atom is -0.463 e. The van der Waals surface area contributed by atoms with Gasteiger partial charge in [-0.2, -0.15) is 32.4 Å². The van der Waals surface area contributed by atoms with E-state index in [4.69, 9.17) is 22.1 Å². The van der Waals surface area contributed by atoms with Crippen molar-refractivity contribution in [3.8, 4) is 22.5 Å². The first-order chi connectivity index (χ1) is 24.7. The number of aromatic nitrogens is 5. The van der Waals surface area contributed by atoms with Gasteiger partial charge in [-0.1, -0.05) is 55.8 Å². The average molecular weight is 771 g/mol.